The number of hydrogen-bond donors (Lipinski definition) is 2. The Balaban J connectivity index is 0. The van der Waals surface area contributed by atoms with Crippen molar-refractivity contribution in [3.63, 3.8) is 0 Å². The fraction of sp³-hybridized carbons (Fsp3) is 0. The first kappa shape index (κ1) is 11.4. The van der Waals surface area contributed by atoms with Crippen LogP contribution in [0.4, 0.5) is 0 Å². The molecule has 0 aromatic carbocycles. The average molecular weight is 259 g/mol. The largest absolute Gasteiger partial charge is 0 e. The third kappa shape index (κ3) is 5.45. The van der Waals surface area contributed by atoms with Crippen LogP contribution in [-0.2, 0) is 49.9 Å². The Labute approximate surface area is 67.8 Å². The molecule has 0 atom stereocenters. The first-order valence-electron chi connectivity index (χ1n) is 1.02. The molecule has 2 N–H and O–H groups in total. The molecule has 0 aliphatic carbocycles. The second-order valence-electron chi connectivity index (χ2n) is 0.715. The van der Waals surface area contributed by atoms with Crippen LogP contribution in [0.1, 0.15) is 0 Å². The second kappa shape index (κ2) is 3.58. The number of hydrogen-bond acceptors (Lipinski definition) is 4. The predicted molar refractivity (Wildman–Crippen MR) is 14.9 cm³/mol. The Bertz CT molecular complexity index is 49.7. The van der Waals surface area contributed by atoms with Crippen molar-refractivity contribution in [2.24, 2.45) is 0 Å². The van der Waals surface area contributed by atoms with Crippen LogP contribution in [0.3, 0.4) is 0 Å². The smallest absolute Gasteiger partial charge is 0 e. The van der Waals surface area contributed by atoms with Crippen molar-refractivity contribution in [2.45, 2.75) is 0 Å². The third-order valence-electron chi connectivity index (χ3n) is 0.232. The van der Waals surface area contributed by atoms with Gasteiger partial charge in [0.1, 0.15) is 0 Å². The van der Waals surface area contributed by atoms with Gasteiger partial charge in [-0.25, -0.2) is 0 Å². The topological polar surface area (TPSA) is 65.5 Å². The molecule has 7 heteroatoms. The summed E-state index contributed by atoms with van der Waals surface area (Å²) in [6, 6.07) is 0. The summed E-state index contributed by atoms with van der Waals surface area (Å²) in [6.45, 7) is 0. The van der Waals surface area contributed by atoms with Gasteiger partial charge in [-0.1, -0.05) is 0 Å². The molecule has 0 saturated carbocycles. The molecule has 7 heavy (non-hydrogen) atoms. The van der Waals surface area contributed by atoms with Gasteiger partial charge < -0.3 is 0 Å². The van der Waals surface area contributed by atoms with Crippen LogP contribution in [0, 0.1) is 0 Å². The van der Waals surface area contributed by atoms with Gasteiger partial charge in [-0.15, -0.1) is 0 Å². The third-order valence-corrected chi connectivity index (χ3v) is 0.697. The maximum Gasteiger partial charge on any atom is 0 e. The summed E-state index contributed by atoms with van der Waals surface area (Å²) in [5.74, 6) is 0. The molecule has 1 aliphatic heterocycles. The molecule has 0 aromatic heterocycles. The van der Waals surface area contributed by atoms with E-state index in [-0.39, 0.29) is 40.5 Å². The molecule has 1 saturated heterocycles. The van der Waals surface area contributed by atoms with E-state index in [4.69, 9.17) is 9.79 Å². The summed E-state index contributed by atoms with van der Waals surface area (Å²) < 4.78 is 7.29. The molecule has 0 aromatic rings. The zero-order chi connectivity index (χ0) is 3.91. The Morgan fingerprint density at radius 2 is 1.29 bits per heavy atom. The molecule has 0 amide bonds. The van der Waals surface area contributed by atoms with E-state index in [1.165, 1.54) is 0 Å². The van der Waals surface area contributed by atoms with E-state index in [0.717, 1.165) is 0 Å². The van der Waals surface area contributed by atoms with Crippen LogP contribution < -0.4 is 0 Å². The monoisotopic (exact) mass is 260 g/mol. The minimum atomic E-state index is -3.36. The Morgan fingerprint density at radius 3 is 1.29 bits per heavy atom. The van der Waals surface area contributed by atoms with Crippen LogP contribution in [0.5, 0.6) is 0 Å². The van der Waals surface area contributed by atoms with Gasteiger partial charge in [0, 0.05) is 40.5 Å². The Morgan fingerprint density at radius 1 is 1.14 bits per heavy atom. The SMILES string of the molecule is O[PH]1(O)OO1.[Mo].[Zn]. The van der Waals surface area contributed by atoms with Crippen molar-refractivity contribution < 1.29 is 59.7 Å². The zero-order valence-electron chi connectivity index (χ0n) is 3.33. The Hall–Kier alpha value is 1.58. The van der Waals surface area contributed by atoms with Crippen molar-refractivity contribution >= 4 is 8.17 Å². The van der Waals surface area contributed by atoms with Gasteiger partial charge in [0.2, 0.25) is 0 Å². The summed E-state index contributed by atoms with van der Waals surface area (Å²) in [6.07, 6.45) is 0. The molecular formula is H3MoO4PZn. The van der Waals surface area contributed by atoms with E-state index in [1.807, 2.05) is 0 Å². The van der Waals surface area contributed by atoms with Gasteiger partial charge in [-0.2, -0.15) is 0 Å². The van der Waals surface area contributed by atoms with Crippen LogP contribution in [0.15, 0.2) is 0 Å². The van der Waals surface area contributed by atoms with E-state index in [1.54, 1.807) is 0 Å². The fourth-order valence-electron chi connectivity index (χ4n) is 0.0373. The van der Waals surface area contributed by atoms with Gasteiger partial charge in [0.05, 0.1) is 0 Å². The van der Waals surface area contributed by atoms with Crippen molar-refractivity contribution in [3.05, 3.63) is 0 Å². The molecule has 1 aliphatic rings. The molecule has 40 valence electrons. The van der Waals surface area contributed by atoms with Gasteiger partial charge >= 0.3 is 27.3 Å². The first-order chi connectivity index (χ1) is 2.21. The van der Waals surface area contributed by atoms with Crippen LogP contribution in [-0.4, -0.2) is 9.79 Å². The van der Waals surface area contributed by atoms with Gasteiger partial charge in [-0.05, 0) is 0 Å². The van der Waals surface area contributed by atoms with Crippen molar-refractivity contribution in [1.29, 1.82) is 0 Å². The van der Waals surface area contributed by atoms with E-state index >= 15 is 0 Å². The molecule has 0 spiro atoms. The van der Waals surface area contributed by atoms with Gasteiger partial charge in [-0.3, -0.25) is 0 Å². The predicted octanol–water partition coefficient (Wildman–Crippen LogP) is -0.662. The molecule has 1 fully saturated rings. The second-order valence-corrected chi connectivity index (χ2v) is 2.15. The van der Waals surface area contributed by atoms with E-state index in [0.29, 0.717) is 0 Å². The average Bonchev–Trinajstić information content (AvgIpc) is 1.76. The molecule has 1 heterocycles. The molecule has 0 radical (unpaired) electrons. The molecule has 1 rings (SSSR count). The van der Waals surface area contributed by atoms with Crippen molar-refractivity contribution in [2.75, 3.05) is 0 Å². The quantitative estimate of drug-likeness (QED) is 0.262. The van der Waals surface area contributed by atoms with Crippen LogP contribution >= 0.6 is 8.17 Å². The summed E-state index contributed by atoms with van der Waals surface area (Å²) in [4.78, 5) is 15.8. The maximum atomic E-state index is 7.88. The normalized spacial score (nSPS) is 26.0. The van der Waals surface area contributed by atoms with E-state index in [2.05, 4.69) is 9.35 Å². The maximum absolute atomic E-state index is 7.88. The molecule has 0 bridgehead atoms. The molecular weight excluding hydrogens is 256 g/mol. The summed E-state index contributed by atoms with van der Waals surface area (Å²) in [7, 11) is -3.36. The van der Waals surface area contributed by atoms with Crippen LogP contribution in [0.25, 0.3) is 0 Å². The first-order valence-corrected chi connectivity index (χ1v) is 2.73. The summed E-state index contributed by atoms with van der Waals surface area (Å²) in [5, 5.41) is 0. The van der Waals surface area contributed by atoms with Crippen LogP contribution in [0.2, 0.25) is 0 Å². The summed E-state index contributed by atoms with van der Waals surface area (Å²) >= 11 is 0. The summed E-state index contributed by atoms with van der Waals surface area (Å²) in [5.41, 5.74) is 0. The van der Waals surface area contributed by atoms with Crippen molar-refractivity contribution in [3.8, 4) is 0 Å². The molecule has 0 unspecified atom stereocenters. The zero-order valence-corrected chi connectivity index (χ0v) is 9.30. The number of rotatable bonds is 0. The van der Waals surface area contributed by atoms with Gasteiger partial charge in [0.25, 0.3) is 0 Å². The minimum Gasteiger partial charge on any atom is 0 e. The van der Waals surface area contributed by atoms with Gasteiger partial charge in [0.15, 0.2) is 0 Å². The molecule has 4 nitrogen and oxygen atoms in total. The van der Waals surface area contributed by atoms with E-state index in [9.17, 15) is 0 Å². The van der Waals surface area contributed by atoms with E-state index < -0.39 is 8.17 Å². The Kier molecular flexibility index (Phi) is 5.82. The minimum absolute atomic E-state index is 0. The van der Waals surface area contributed by atoms with Crippen molar-refractivity contribution in [1.82, 2.24) is 0 Å². The fourth-order valence-corrected chi connectivity index (χ4v) is 0.335. The standard InChI is InChI=1S/Mo.H3O4P.Zn/c;1-5(2)3-4-5;/h;1-2,5H;.